The minimum absolute atomic E-state index is 0.358. The molecule has 1 atom stereocenters. The average molecular weight is 299 g/mol. The molecule has 0 saturated heterocycles. The third-order valence-corrected chi connectivity index (χ3v) is 5.87. The second kappa shape index (κ2) is 6.76. The summed E-state index contributed by atoms with van der Waals surface area (Å²) in [6, 6.07) is 14.0. The van der Waals surface area contributed by atoms with E-state index in [9.17, 15) is 0 Å². The second-order valence-electron chi connectivity index (χ2n) is 5.91. The molecule has 3 rings (SSSR count). The number of thiophene rings is 1. The predicted molar refractivity (Wildman–Crippen MR) is 92.3 cm³/mol. The first kappa shape index (κ1) is 14.8. The van der Waals surface area contributed by atoms with Gasteiger partial charge in [-0.15, -0.1) is 11.3 Å². The van der Waals surface area contributed by atoms with Gasteiger partial charge >= 0.3 is 0 Å². The maximum atomic E-state index is 3.71. The molecule has 0 radical (unpaired) electrons. The highest BCUT2D eigenvalue weighted by atomic mass is 32.1. The molecule has 1 aromatic carbocycles. The fourth-order valence-electron chi connectivity index (χ4n) is 3.17. The minimum Gasteiger partial charge on any atom is -0.306 e. The summed E-state index contributed by atoms with van der Waals surface area (Å²) in [4.78, 5) is 2.94. The quantitative estimate of drug-likeness (QED) is 0.765. The fraction of sp³-hybridized carbons (Fsp3) is 0.474. The predicted octanol–water partition coefficient (Wildman–Crippen LogP) is 5.28. The maximum absolute atomic E-state index is 3.71. The molecule has 2 heteroatoms. The number of aryl methyl sites for hydroxylation is 1. The Hall–Kier alpha value is -1.12. The van der Waals surface area contributed by atoms with E-state index in [0.717, 1.165) is 18.9 Å². The summed E-state index contributed by atoms with van der Waals surface area (Å²) in [5.41, 5.74) is 3.06. The van der Waals surface area contributed by atoms with Gasteiger partial charge < -0.3 is 5.32 Å². The van der Waals surface area contributed by atoms with E-state index in [1.54, 1.807) is 5.56 Å². The molecule has 1 heterocycles. The Morgan fingerprint density at radius 3 is 2.57 bits per heavy atom. The zero-order valence-electron chi connectivity index (χ0n) is 13.1. The van der Waals surface area contributed by atoms with Crippen molar-refractivity contribution >= 4 is 11.3 Å². The molecule has 1 nitrogen and oxygen atoms in total. The van der Waals surface area contributed by atoms with Crippen LogP contribution in [-0.2, 0) is 6.42 Å². The van der Waals surface area contributed by atoms with Crippen LogP contribution in [0.25, 0.3) is 0 Å². The summed E-state index contributed by atoms with van der Waals surface area (Å²) < 4.78 is 0. The summed E-state index contributed by atoms with van der Waals surface area (Å²) >= 11 is 1.96. The van der Waals surface area contributed by atoms with Crippen LogP contribution in [0.15, 0.2) is 36.4 Å². The molecule has 1 aromatic heterocycles. The van der Waals surface area contributed by atoms with Gasteiger partial charge in [-0.25, -0.2) is 0 Å². The molecule has 0 bridgehead atoms. The zero-order valence-corrected chi connectivity index (χ0v) is 13.9. The van der Waals surface area contributed by atoms with Crippen LogP contribution >= 0.6 is 11.3 Å². The lowest BCUT2D eigenvalue weighted by Crippen LogP contribution is -2.24. The van der Waals surface area contributed by atoms with Crippen LogP contribution in [-0.4, -0.2) is 6.54 Å². The van der Waals surface area contributed by atoms with Gasteiger partial charge in [-0.1, -0.05) is 44.5 Å². The largest absolute Gasteiger partial charge is 0.306 e. The Kier molecular flexibility index (Phi) is 4.77. The Labute approximate surface area is 132 Å². The van der Waals surface area contributed by atoms with Crippen molar-refractivity contribution in [3.63, 3.8) is 0 Å². The van der Waals surface area contributed by atoms with Crippen LogP contribution in [0.2, 0.25) is 0 Å². The van der Waals surface area contributed by atoms with Crippen molar-refractivity contribution in [3.05, 3.63) is 57.3 Å². The summed E-state index contributed by atoms with van der Waals surface area (Å²) in [7, 11) is 0. The van der Waals surface area contributed by atoms with Crippen molar-refractivity contribution in [3.8, 4) is 0 Å². The van der Waals surface area contributed by atoms with Crippen LogP contribution in [0.1, 0.15) is 66.0 Å². The normalized spacial score (nSPS) is 16.7. The third kappa shape index (κ3) is 3.07. The topological polar surface area (TPSA) is 12.0 Å². The van der Waals surface area contributed by atoms with Crippen LogP contribution in [0, 0.1) is 0 Å². The number of nitrogens with one attached hydrogen (secondary N) is 1. The molecule has 0 aliphatic heterocycles. The molecule has 1 aliphatic rings. The summed E-state index contributed by atoms with van der Waals surface area (Å²) in [6.45, 7) is 5.44. The van der Waals surface area contributed by atoms with Gasteiger partial charge in [0.1, 0.15) is 0 Å². The smallest absolute Gasteiger partial charge is 0.0673 e. The van der Waals surface area contributed by atoms with E-state index in [2.05, 4.69) is 55.6 Å². The first-order valence-corrected chi connectivity index (χ1v) is 9.06. The molecule has 0 amide bonds. The highest BCUT2D eigenvalue weighted by Crippen LogP contribution is 2.41. The van der Waals surface area contributed by atoms with Crippen molar-refractivity contribution in [1.82, 2.24) is 5.32 Å². The van der Waals surface area contributed by atoms with Crippen molar-refractivity contribution < 1.29 is 0 Å². The molecule has 1 unspecified atom stereocenters. The zero-order chi connectivity index (χ0) is 14.7. The molecule has 2 aromatic rings. The minimum atomic E-state index is 0.358. The number of hydrogen-bond donors (Lipinski definition) is 1. The van der Waals surface area contributed by atoms with E-state index in [0.29, 0.717) is 6.04 Å². The highest BCUT2D eigenvalue weighted by Gasteiger charge is 2.25. The van der Waals surface area contributed by atoms with E-state index < -0.39 is 0 Å². The van der Waals surface area contributed by atoms with Crippen molar-refractivity contribution in [2.75, 3.05) is 6.54 Å². The Morgan fingerprint density at radius 2 is 1.95 bits per heavy atom. The molecule has 21 heavy (non-hydrogen) atoms. The maximum Gasteiger partial charge on any atom is 0.0673 e. The highest BCUT2D eigenvalue weighted by molar-refractivity contribution is 7.12. The van der Waals surface area contributed by atoms with Gasteiger partial charge in [0.05, 0.1) is 6.04 Å². The number of rotatable bonds is 6. The van der Waals surface area contributed by atoms with Crippen LogP contribution in [0.4, 0.5) is 0 Å². The standard InChI is InChI=1S/C19H25NS/c1-3-15-12-13-18(21-15)19(20-4-2)17-11-6-5-10-16(17)14-8-7-9-14/h5-6,10-14,19-20H,3-4,7-9H2,1-2H3. The monoisotopic (exact) mass is 299 g/mol. The van der Waals surface area contributed by atoms with Gasteiger partial charge in [-0.2, -0.15) is 0 Å². The number of hydrogen-bond acceptors (Lipinski definition) is 2. The first-order valence-electron chi connectivity index (χ1n) is 8.24. The lowest BCUT2D eigenvalue weighted by atomic mass is 9.77. The summed E-state index contributed by atoms with van der Waals surface area (Å²) in [5, 5.41) is 3.71. The van der Waals surface area contributed by atoms with Gasteiger partial charge in [-0.3, -0.25) is 0 Å². The van der Waals surface area contributed by atoms with E-state index >= 15 is 0 Å². The van der Waals surface area contributed by atoms with Gasteiger partial charge in [0.2, 0.25) is 0 Å². The van der Waals surface area contributed by atoms with E-state index in [-0.39, 0.29) is 0 Å². The van der Waals surface area contributed by atoms with Gasteiger partial charge in [0.25, 0.3) is 0 Å². The molecule has 0 spiro atoms. The van der Waals surface area contributed by atoms with Gasteiger partial charge in [0.15, 0.2) is 0 Å². The molecular formula is C19H25NS. The van der Waals surface area contributed by atoms with Crippen molar-refractivity contribution in [2.45, 2.75) is 51.5 Å². The van der Waals surface area contributed by atoms with Gasteiger partial charge in [0, 0.05) is 9.75 Å². The fourth-order valence-corrected chi connectivity index (χ4v) is 4.22. The summed E-state index contributed by atoms with van der Waals surface area (Å²) in [6.07, 6.45) is 5.25. The van der Waals surface area contributed by atoms with E-state index in [1.165, 1.54) is 34.6 Å². The lowest BCUT2D eigenvalue weighted by Gasteiger charge is -2.30. The van der Waals surface area contributed by atoms with E-state index in [1.807, 2.05) is 11.3 Å². The lowest BCUT2D eigenvalue weighted by molar-refractivity contribution is 0.414. The Balaban J connectivity index is 1.96. The Morgan fingerprint density at radius 1 is 1.14 bits per heavy atom. The van der Waals surface area contributed by atoms with Crippen LogP contribution in [0.5, 0.6) is 0 Å². The van der Waals surface area contributed by atoms with Crippen molar-refractivity contribution in [2.24, 2.45) is 0 Å². The molecule has 112 valence electrons. The molecule has 1 saturated carbocycles. The average Bonchev–Trinajstić information content (AvgIpc) is 2.92. The van der Waals surface area contributed by atoms with Crippen LogP contribution in [0.3, 0.4) is 0 Å². The Bertz CT molecular complexity index is 583. The molecule has 1 aliphatic carbocycles. The molecular weight excluding hydrogens is 274 g/mol. The van der Waals surface area contributed by atoms with Crippen LogP contribution < -0.4 is 5.32 Å². The van der Waals surface area contributed by atoms with E-state index in [4.69, 9.17) is 0 Å². The third-order valence-electron chi connectivity index (χ3n) is 4.58. The van der Waals surface area contributed by atoms with Crippen molar-refractivity contribution in [1.29, 1.82) is 0 Å². The second-order valence-corrected chi connectivity index (χ2v) is 7.10. The summed E-state index contributed by atoms with van der Waals surface area (Å²) in [5.74, 6) is 0.785. The SMILES string of the molecule is CCNC(c1ccc(CC)s1)c1ccccc1C1CCC1. The number of benzene rings is 1. The first-order chi connectivity index (χ1) is 10.3. The molecule has 1 N–H and O–H groups in total. The van der Waals surface area contributed by atoms with Gasteiger partial charge in [-0.05, 0) is 55.0 Å². The molecule has 1 fully saturated rings.